The number of amides is 1. The van der Waals surface area contributed by atoms with Crippen LogP contribution >= 0.6 is 23.1 Å². The van der Waals surface area contributed by atoms with E-state index >= 15 is 0 Å². The molecule has 2 heterocycles. The number of nitrogens with one attached hydrogen (secondary N) is 1. The fraction of sp³-hybridized carbons (Fsp3) is 0.389. The largest absolute Gasteiger partial charge is 0.311 e. The van der Waals surface area contributed by atoms with E-state index in [-0.39, 0.29) is 11.3 Å². The molecule has 1 aliphatic carbocycles. The zero-order valence-electron chi connectivity index (χ0n) is 16.1. The van der Waals surface area contributed by atoms with Crippen LogP contribution in [0.15, 0.2) is 34.6 Å². The zero-order chi connectivity index (χ0) is 21.1. The van der Waals surface area contributed by atoms with Crippen molar-refractivity contribution in [1.29, 1.82) is 0 Å². The van der Waals surface area contributed by atoms with E-state index in [0.29, 0.717) is 21.1 Å². The summed E-state index contributed by atoms with van der Waals surface area (Å²) in [5, 5.41) is 32.1. The molecular formula is C18H19N7O3S2. The van der Waals surface area contributed by atoms with Crippen molar-refractivity contribution in [2.45, 2.75) is 48.1 Å². The number of anilines is 1. The first kappa shape index (κ1) is 20.4. The molecule has 0 bridgehead atoms. The molecule has 1 N–H and O–H groups in total. The first-order chi connectivity index (χ1) is 14.5. The van der Waals surface area contributed by atoms with Crippen LogP contribution in [0, 0.1) is 10.1 Å². The number of hydrogen-bond acceptors (Lipinski definition) is 9. The summed E-state index contributed by atoms with van der Waals surface area (Å²) in [5.41, 5.74) is 0.00856. The molecule has 10 nitrogen and oxygen atoms in total. The third-order valence-corrected chi connectivity index (χ3v) is 7.02. The van der Waals surface area contributed by atoms with Gasteiger partial charge in [0, 0.05) is 24.6 Å². The molecular weight excluding hydrogens is 426 g/mol. The highest BCUT2D eigenvalue weighted by molar-refractivity contribution is 7.99. The van der Waals surface area contributed by atoms with Gasteiger partial charge in [0.2, 0.25) is 5.13 Å². The summed E-state index contributed by atoms with van der Waals surface area (Å²) in [5.74, 6) is -0.0560. The number of aromatic nitrogens is 5. The van der Waals surface area contributed by atoms with Gasteiger partial charge in [-0.05, 0) is 36.7 Å². The second kappa shape index (κ2) is 8.88. The number of nitrogens with zero attached hydrogens (tertiary/aromatic N) is 6. The maximum absolute atomic E-state index is 12.6. The molecule has 1 fully saturated rings. The van der Waals surface area contributed by atoms with Crippen molar-refractivity contribution in [2.75, 3.05) is 5.32 Å². The number of aryl methyl sites for hydroxylation is 1. The van der Waals surface area contributed by atoms with Gasteiger partial charge >= 0.3 is 0 Å². The van der Waals surface area contributed by atoms with Crippen molar-refractivity contribution in [3.8, 4) is 0 Å². The van der Waals surface area contributed by atoms with Gasteiger partial charge in [-0.15, -0.1) is 20.4 Å². The van der Waals surface area contributed by atoms with E-state index in [0.717, 1.165) is 29.6 Å². The predicted molar refractivity (Wildman–Crippen MR) is 112 cm³/mol. The van der Waals surface area contributed by atoms with Crippen molar-refractivity contribution in [2.24, 2.45) is 7.05 Å². The van der Waals surface area contributed by atoms with Gasteiger partial charge in [0.05, 0.1) is 9.82 Å². The topological polar surface area (TPSA) is 129 Å². The number of nitro groups is 1. The molecule has 0 spiro atoms. The highest BCUT2D eigenvalue weighted by atomic mass is 32.2. The van der Waals surface area contributed by atoms with Crippen molar-refractivity contribution >= 4 is 39.8 Å². The number of rotatable bonds is 6. The third kappa shape index (κ3) is 4.49. The Morgan fingerprint density at radius 1 is 1.27 bits per heavy atom. The van der Waals surface area contributed by atoms with Gasteiger partial charge in [0.25, 0.3) is 11.6 Å². The summed E-state index contributed by atoms with van der Waals surface area (Å²) < 4.78 is 1.66. The smallest absolute Gasteiger partial charge is 0.284 e. The van der Waals surface area contributed by atoms with Crippen LogP contribution in [0.5, 0.6) is 0 Å². The molecule has 1 aliphatic rings. The summed E-state index contributed by atoms with van der Waals surface area (Å²) in [6, 6.07) is 4.35. The molecule has 0 atom stereocenters. The van der Waals surface area contributed by atoms with E-state index in [1.165, 1.54) is 43.0 Å². The van der Waals surface area contributed by atoms with Gasteiger partial charge in [-0.3, -0.25) is 20.2 Å². The number of benzene rings is 1. The Morgan fingerprint density at radius 2 is 2.07 bits per heavy atom. The Labute approximate surface area is 180 Å². The van der Waals surface area contributed by atoms with Crippen LogP contribution in [-0.4, -0.2) is 35.8 Å². The number of hydrogen-bond donors (Lipinski definition) is 1. The molecule has 12 heteroatoms. The van der Waals surface area contributed by atoms with Crippen LogP contribution in [-0.2, 0) is 7.05 Å². The molecule has 0 saturated heterocycles. The first-order valence-corrected chi connectivity index (χ1v) is 11.1. The maximum Gasteiger partial charge on any atom is 0.284 e. The van der Waals surface area contributed by atoms with Gasteiger partial charge in [0.15, 0.2) is 5.16 Å². The predicted octanol–water partition coefficient (Wildman–Crippen LogP) is 4.03. The van der Waals surface area contributed by atoms with Gasteiger partial charge in [-0.2, -0.15) is 0 Å². The highest BCUT2D eigenvalue weighted by Crippen LogP contribution is 2.36. The number of nitro benzene ring substituents is 1. The second-order valence-corrected chi connectivity index (χ2v) is 9.02. The summed E-state index contributed by atoms with van der Waals surface area (Å²) in [6.45, 7) is 0. The molecule has 0 aliphatic heterocycles. The van der Waals surface area contributed by atoms with E-state index in [9.17, 15) is 14.9 Å². The Hall–Kier alpha value is -2.86. The minimum absolute atomic E-state index is 0.171. The first-order valence-electron chi connectivity index (χ1n) is 9.46. The van der Waals surface area contributed by atoms with Gasteiger partial charge in [-0.25, -0.2) is 0 Å². The molecule has 1 aromatic carbocycles. The minimum atomic E-state index is -0.512. The third-order valence-electron chi connectivity index (χ3n) is 4.90. The number of carbonyl (C=O) groups is 1. The molecule has 1 saturated carbocycles. The molecule has 1 amide bonds. The van der Waals surface area contributed by atoms with Crippen LogP contribution < -0.4 is 5.32 Å². The van der Waals surface area contributed by atoms with Gasteiger partial charge in [0.1, 0.15) is 11.3 Å². The Balaban J connectivity index is 1.50. The number of carbonyl (C=O) groups excluding carboxylic acids is 1. The normalized spacial score (nSPS) is 14.6. The highest BCUT2D eigenvalue weighted by Gasteiger charge is 2.22. The lowest BCUT2D eigenvalue weighted by atomic mass is 9.90. The fourth-order valence-electron chi connectivity index (χ4n) is 3.32. The molecule has 3 aromatic rings. The summed E-state index contributed by atoms with van der Waals surface area (Å²) >= 11 is 2.49. The average Bonchev–Trinajstić information content (AvgIpc) is 3.38. The molecule has 156 valence electrons. The van der Waals surface area contributed by atoms with E-state index in [1.807, 2.05) is 0 Å². The summed E-state index contributed by atoms with van der Waals surface area (Å²) in [4.78, 5) is 24.0. The standard InChI is InChI=1S/C18H19N7O3S2/c1-24-10-19-23-18(24)29-14-8-7-12(9-13(14)25(27)28)15(26)20-17-22-21-16(30-17)11-5-3-2-4-6-11/h7-11H,2-6H2,1H3,(H,20,22,26). The second-order valence-electron chi connectivity index (χ2n) is 7.00. The molecule has 4 rings (SSSR count). The molecule has 2 aromatic heterocycles. The molecule has 0 unspecified atom stereocenters. The maximum atomic E-state index is 12.6. The summed E-state index contributed by atoms with van der Waals surface area (Å²) in [7, 11) is 1.75. The molecule has 0 radical (unpaired) electrons. The van der Waals surface area contributed by atoms with Gasteiger partial charge < -0.3 is 4.57 Å². The van der Waals surface area contributed by atoms with Crippen molar-refractivity contribution in [3.63, 3.8) is 0 Å². The van der Waals surface area contributed by atoms with Crippen LogP contribution in [0.1, 0.15) is 53.4 Å². The van der Waals surface area contributed by atoms with Crippen molar-refractivity contribution in [3.05, 3.63) is 45.2 Å². The summed E-state index contributed by atoms with van der Waals surface area (Å²) in [6.07, 6.45) is 7.34. The van der Waals surface area contributed by atoms with E-state index in [1.54, 1.807) is 23.7 Å². The quantitative estimate of drug-likeness (QED) is 0.445. The lowest BCUT2D eigenvalue weighted by Crippen LogP contribution is -2.12. The average molecular weight is 446 g/mol. The van der Waals surface area contributed by atoms with E-state index < -0.39 is 10.8 Å². The lowest BCUT2D eigenvalue weighted by Gasteiger charge is -2.18. The van der Waals surface area contributed by atoms with E-state index in [4.69, 9.17) is 0 Å². The molecule has 30 heavy (non-hydrogen) atoms. The van der Waals surface area contributed by atoms with Crippen LogP contribution in [0.4, 0.5) is 10.8 Å². The van der Waals surface area contributed by atoms with Crippen molar-refractivity contribution < 1.29 is 9.72 Å². The van der Waals surface area contributed by atoms with Crippen molar-refractivity contribution in [1.82, 2.24) is 25.0 Å². The van der Waals surface area contributed by atoms with Crippen LogP contribution in [0.2, 0.25) is 0 Å². The lowest BCUT2D eigenvalue weighted by molar-refractivity contribution is -0.387. The minimum Gasteiger partial charge on any atom is -0.311 e. The van der Waals surface area contributed by atoms with Gasteiger partial charge in [-0.1, -0.05) is 30.6 Å². The van der Waals surface area contributed by atoms with E-state index in [2.05, 4.69) is 25.7 Å². The Kier molecular flexibility index (Phi) is 6.04. The van der Waals surface area contributed by atoms with Crippen LogP contribution in [0.3, 0.4) is 0 Å². The Morgan fingerprint density at radius 3 is 2.77 bits per heavy atom. The fourth-order valence-corrected chi connectivity index (χ4v) is 5.08. The Bertz CT molecular complexity index is 1080. The SMILES string of the molecule is Cn1cnnc1Sc1ccc(C(=O)Nc2nnc(C3CCCCC3)s2)cc1[N+](=O)[O-]. The zero-order valence-corrected chi connectivity index (χ0v) is 17.8. The van der Waals surface area contributed by atoms with Crippen LogP contribution in [0.25, 0.3) is 0 Å². The monoisotopic (exact) mass is 445 g/mol.